The molecule has 0 aliphatic carbocycles. The Morgan fingerprint density at radius 2 is 2.04 bits per heavy atom. The van der Waals surface area contributed by atoms with Gasteiger partial charge in [0.05, 0.1) is 18.2 Å². The summed E-state index contributed by atoms with van der Waals surface area (Å²) in [7, 11) is 1.64. The summed E-state index contributed by atoms with van der Waals surface area (Å²) in [4.78, 5) is 29.2. The monoisotopic (exact) mass is 410 g/mol. The van der Waals surface area contributed by atoms with Crippen LogP contribution >= 0.6 is 15.9 Å². The van der Waals surface area contributed by atoms with Crippen molar-refractivity contribution in [3.05, 3.63) is 28.7 Å². The number of ether oxygens (including phenoxy) is 1. The van der Waals surface area contributed by atoms with Gasteiger partial charge in [0.2, 0.25) is 11.8 Å². The van der Waals surface area contributed by atoms with E-state index in [2.05, 4.69) is 29.8 Å². The van der Waals surface area contributed by atoms with E-state index in [0.717, 1.165) is 23.0 Å². The lowest BCUT2D eigenvalue weighted by Gasteiger charge is -2.32. The Bertz CT molecular complexity index is 604. The van der Waals surface area contributed by atoms with Crippen molar-refractivity contribution in [3.63, 3.8) is 0 Å². The Morgan fingerprint density at radius 3 is 2.64 bits per heavy atom. The van der Waals surface area contributed by atoms with Gasteiger partial charge in [-0.3, -0.25) is 9.59 Å². The third-order valence-corrected chi connectivity index (χ3v) is 5.49. The van der Waals surface area contributed by atoms with E-state index in [-0.39, 0.29) is 30.2 Å². The molecule has 0 radical (unpaired) electrons. The van der Waals surface area contributed by atoms with Gasteiger partial charge in [-0.15, -0.1) is 0 Å². The molecule has 1 aromatic rings. The summed E-state index contributed by atoms with van der Waals surface area (Å²) in [6.45, 7) is 5.70. The molecule has 1 aliphatic rings. The van der Waals surface area contributed by atoms with Crippen LogP contribution in [0.25, 0.3) is 0 Å². The van der Waals surface area contributed by atoms with Gasteiger partial charge in [-0.1, -0.05) is 26.0 Å². The van der Waals surface area contributed by atoms with Crippen LogP contribution in [0.2, 0.25) is 0 Å². The Kier molecular flexibility index (Phi) is 7.44. The minimum absolute atomic E-state index is 0.00138. The molecule has 1 unspecified atom stereocenters. The number of hydrogen-bond acceptors (Lipinski definition) is 3. The summed E-state index contributed by atoms with van der Waals surface area (Å²) >= 11 is 3.49. The predicted molar refractivity (Wildman–Crippen MR) is 103 cm³/mol. The van der Waals surface area contributed by atoms with Gasteiger partial charge in [0.15, 0.2) is 0 Å². The molecule has 0 spiro atoms. The maximum absolute atomic E-state index is 13.1. The van der Waals surface area contributed by atoms with Gasteiger partial charge in [0.25, 0.3) is 0 Å². The van der Waals surface area contributed by atoms with Gasteiger partial charge < -0.3 is 14.5 Å². The van der Waals surface area contributed by atoms with Crippen LogP contribution in [0.4, 0.5) is 5.69 Å². The van der Waals surface area contributed by atoms with Crippen LogP contribution in [0.15, 0.2) is 28.7 Å². The number of para-hydroxylation sites is 1. The first-order valence-electron chi connectivity index (χ1n) is 8.87. The molecule has 138 valence electrons. The lowest BCUT2D eigenvalue weighted by molar-refractivity contribution is -0.139. The SMILES string of the molecule is CCC(CC)N(CCOC)C(=O)C1CC(=O)N(c2ccccc2Br)C1. The van der Waals surface area contributed by atoms with Crippen LogP contribution in [-0.4, -0.2) is 49.6 Å². The van der Waals surface area contributed by atoms with Crippen LogP contribution in [0.3, 0.4) is 0 Å². The van der Waals surface area contributed by atoms with E-state index in [9.17, 15) is 9.59 Å². The van der Waals surface area contributed by atoms with Crippen LogP contribution in [0.1, 0.15) is 33.1 Å². The van der Waals surface area contributed by atoms with Crippen molar-refractivity contribution >= 4 is 33.4 Å². The van der Waals surface area contributed by atoms with Crippen LogP contribution in [-0.2, 0) is 14.3 Å². The Morgan fingerprint density at radius 1 is 1.36 bits per heavy atom. The summed E-state index contributed by atoms with van der Waals surface area (Å²) in [6, 6.07) is 7.81. The lowest BCUT2D eigenvalue weighted by Crippen LogP contribution is -2.45. The molecule has 1 atom stereocenters. The standard InChI is InChI=1S/C19H27BrN2O3/c1-4-15(5-2)21(10-11-25-3)19(24)14-12-18(23)22(13-14)17-9-7-6-8-16(17)20/h6-9,14-15H,4-5,10-13H2,1-3H3. The van der Waals surface area contributed by atoms with E-state index in [1.165, 1.54) is 0 Å². The number of anilines is 1. The average molecular weight is 411 g/mol. The fraction of sp³-hybridized carbons (Fsp3) is 0.579. The second kappa shape index (κ2) is 9.34. The normalized spacial score (nSPS) is 17.4. The quantitative estimate of drug-likeness (QED) is 0.658. The molecular formula is C19H27BrN2O3. The molecule has 6 heteroatoms. The third-order valence-electron chi connectivity index (χ3n) is 4.82. The van der Waals surface area contributed by atoms with Crippen molar-refractivity contribution in [1.82, 2.24) is 4.90 Å². The van der Waals surface area contributed by atoms with E-state index in [4.69, 9.17) is 4.74 Å². The summed E-state index contributed by atoms with van der Waals surface area (Å²) in [6.07, 6.45) is 2.07. The number of amides is 2. The molecule has 0 bridgehead atoms. The Balaban J connectivity index is 2.15. The first kappa shape index (κ1) is 19.9. The molecule has 0 saturated carbocycles. The highest BCUT2D eigenvalue weighted by Crippen LogP contribution is 2.32. The molecule has 25 heavy (non-hydrogen) atoms. The molecule has 1 heterocycles. The number of carbonyl (C=O) groups is 2. The minimum atomic E-state index is -0.294. The molecule has 1 fully saturated rings. The molecule has 2 rings (SSSR count). The number of carbonyl (C=O) groups excluding carboxylic acids is 2. The maximum Gasteiger partial charge on any atom is 0.228 e. The van der Waals surface area contributed by atoms with E-state index in [0.29, 0.717) is 19.7 Å². The van der Waals surface area contributed by atoms with Crippen LogP contribution in [0, 0.1) is 5.92 Å². The van der Waals surface area contributed by atoms with Gasteiger partial charge in [-0.2, -0.15) is 0 Å². The van der Waals surface area contributed by atoms with Crippen molar-refractivity contribution in [1.29, 1.82) is 0 Å². The van der Waals surface area contributed by atoms with Crippen molar-refractivity contribution in [2.75, 3.05) is 31.7 Å². The van der Waals surface area contributed by atoms with E-state index < -0.39 is 0 Å². The molecule has 1 aliphatic heterocycles. The maximum atomic E-state index is 13.1. The van der Waals surface area contributed by atoms with E-state index in [1.807, 2.05) is 29.2 Å². The largest absolute Gasteiger partial charge is 0.383 e. The number of methoxy groups -OCH3 is 1. The fourth-order valence-electron chi connectivity index (χ4n) is 3.40. The van der Waals surface area contributed by atoms with Crippen molar-refractivity contribution < 1.29 is 14.3 Å². The second-order valence-corrected chi connectivity index (χ2v) is 7.21. The highest BCUT2D eigenvalue weighted by Gasteiger charge is 2.38. The third kappa shape index (κ3) is 4.61. The average Bonchev–Trinajstić information content (AvgIpc) is 3.00. The van der Waals surface area contributed by atoms with Gasteiger partial charge in [0.1, 0.15) is 0 Å². The number of hydrogen-bond donors (Lipinski definition) is 0. The topological polar surface area (TPSA) is 49.9 Å². The summed E-state index contributed by atoms with van der Waals surface area (Å²) in [5.74, 6) is -0.229. The van der Waals surface area contributed by atoms with E-state index in [1.54, 1.807) is 12.0 Å². The Labute approximate surface area is 158 Å². The minimum Gasteiger partial charge on any atom is -0.383 e. The van der Waals surface area contributed by atoms with Crippen molar-refractivity contribution in [3.8, 4) is 0 Å². The summed E-state index contributed by atoms with van der Waals surface area (Å²) in [5.41, 5.74) is 0.828. The van der Waals surface area contributed by atoms with E-state index >= 15 is 0 Å². The zero-order chi connectivity index (χ0) is 18.4. The Hall–Kier alpha value is -1.40. The fourth-order valence-corrected chi connectivity index (χ4v) is 3.90. The van der Waals surface area contributed by atoms with Crippen molar-refractivity contribution in [2.45, 2.75) is 39.2 Å². The zero-order valence-corrected chi connectivity index (χ0v) is 16.8. The van der Waals surface area contributed by atoms with Gasteiger partial charge in [-0.25, -0.2) is 0 Å². The first-order valence-corrected chi connectivity index (χ1v) is 9.67. The smallest absolute Gasteiger partial charge is 0.228 e. The van der Waals surface area contributed by atoms with Crippen LogP contribution < -0.4 is 4.90 Å². The highest BCUT2D eigenvalue weighted by molar-refractivity contribution is 9.10. The number of halogens is 1. The number of rotatable bonds is 8. The van der Waals surface area contributed by atoms with Gasteiger partial charge in [-0.05, 0) is 40.9 Å². The van der Waals surface area contributed by atoms with Crippen LogP contribution in [0.5, 0.6) is 0 Å². The lowest BCUT2D eigenvalue weighted by atomic mass is 10.0. The second-order valence-electron chi connectivity index (χ2n) is 6.35. The number of benzene rings is 1. The predicted octanol–water partition coefficient (Wildman–Crippen LogP) is 3.47. The molecule has 0 aromatic heterocycles. The molecule has 0 N–H and O–H groups in total. The molecular weight excluding hydrogens is 384 g/mol. The zero-order valence-electron chi connectivity index (χ0n) is 15.2. The molecule has 1 aromatic carbocycles. The number of nitrogens with zero attached hydrogens (tertiary/aromatic N) is 2. The van der Waals surface area contributed by atoms with Gasteiger partial charge >= 0.3 is 0 Å². The summed E-state index contributed by atoms with van der Waals surface area (Å²) < 4.78 is 6.04. The molecule has 5 nitrogen and oxygen atoms in total. The van der Waals surface area contributed by atoms with Gasteiger partial charge in [0, 0.05) is 37.1 Å². The first-order chi connectivity index (χ1) is 12.0. The summed E-state index contributed by atoms with van der Waals surface area (Å²) in [5, 5.41) is 0. The highest BCUT2D eigenvalue weighted by atomic mass is 79.9. The molecule has 2 amide bonds. The van der Waals surface area contributed by atoms with Crippen molar-refractivity contribution in [2.24, 2.45) is 5.92 Å². The molecule has 1 saturated heterocycles.